The second kappa shape index (κ2) is 3.43. The molecule has 1 aliphatic carbocycles. The van der Waals surface area contributed by atoms with E-state index in [1.54, 1.807) is 0 Å². The molecular weight excluding hydrogens is 136 g/mol. The van der Waals surface area contributed by atoms with Crippen LogP contribution in [0.15, 0.2) is 0 Å². The number of hydrogen-bond acceptors (Lipinski definition) is 1. The van der Waals surface area contributed by atoms with Gasteiger partial charge in [-0.1, -0.05) is 0 Å². The summed E-state index contributed by atoms with van der Waals surface area (Å²) in [5, 5.41) is 0. The minimum absolute atomic E-state index is 0.527. The highest BCUT2D eigenvalue weighted by atomic mass is 35.5. The molecule has 1 fully saturated rings. The lowest BCUT2D eigenvalue weighted by molar-refractivity contribution is -0.0179. The fourth-order valence-electron chi connectivity index (χ4n) is 1.17. The number of halogens is 1. The van der Waals surface area contributed by atoms with E-state index in [9.17, 15) is 0 Å². The van der Waals surface area contributed by atoms with Gasteiger partial charge in [0, 0.05) is 12.5 Å². The van der Waals surface area contributed by atoms with Crippen LogP contribution in [0.25, 0.3) is 0 Å². The topological polar surface area (TPSA) is 9.23 Å². The second-order valence-corrected chi connectivity index (χ2v) is 2.88. The summed E-state index contributed by atoms with van der Waals surface area (Å²) >= 11 is 5.61. The van der Waals surface area contributed by atoms with Crippen LogP contribution in [0.2, 0.25) is 0 Å². The highest BCUT2D eigenvalue weighted by Crippen LogP contribution is 2.30. The van der Waals surface area contributed by atoms with Gasteiger partial charge in [0.15, 0.2) is 0 Å². The summed E-state index contributed by atoms with van der Waals surface area (Å²) in [6.45, 7) is 2.88. The molecule has 2 heteroatoms. The first-order valence-electron chi connectivity index (χ1n) is 3.54. The lowest BCUT2D eigenvalue weighted by atomic mass is 9.84. The van der Waals surface area contributed by atoms with Crippen molar-refractivity contribution in [2.45, 2.75) is 25.9 Å². The average Bonchev–Trinajstić information content (AvgIpc) is 1.77. The molecule has 0 amide bonds. The van der Waals surface area contributed by atoms with Gasteiger partial charge in [0.1, 0.15) is 0 Å². The molecule has 0 unspecified atom stereocenters. The Hall–Kier alpha value is 0.250. The van der Waals surface area contributed by atoms with E-state index in [0.29, 0.717) is 6.10 Å². The van der Waals surface area contributed by atoms with Crippen LogP contribution in [0.4, 0.5) is 0 Å². The first-order chi connectivity index (χ1) is 4.36. The third-order valence-corrected chi connectivity index (χ3v) is 2.25. The van der Waals surface area contributed by atoms with Crippen molar-refractivity contribution in [3.05, 3.63) is 0 Å². The molecule has 0 atom stereocenters. The first kappa shape index (κ1) is 7.36. The normalized spacial score (nSPS) is 34.0. The number of rotatable bonds is 3. The first-order valence-corrected chi connectivity index (χ1v) is 4.07. The van der Waals surface area contributed by atoms with Crippen LogP contribution < -0.4 is 0 Å². The van der Waals surface area contributed by atoms with E-state index in [0.717, 1.165) is 18.4 Å². The van der Waals surface area contributed by atoms with Crippen LogP contribution >= 0.6 is 11.6 Å². The van der Waals surface area contributed by atoms with Crippen molar-refractivity contribution in [1.29, 1.82) is 0 Å². The Balaban J connectivity index is 1.98. The van der Waals surface area contributed by atoms with Crippen molar-refractivity contribution in [3.8, 4) is 0 Å². The summed E-state index contributed by atoms with van der Waals surface area (Å²) in [4.78, 5) is 0. The maximum atomic E-state index is 5.61. The van der Waals surface area contributed by atoms with Crippen LogP contribution in [-0.2, 0) is 4.74 Å². The second-order valence-electron chi connectivity index (χ2n) is 2.57. The van der Waals surface area contributed by atoms with Gasteiger partial charge in [-0.3, -0.25) is 0 Å². The third-order valence-electron chi connectivity index (χ3n) is 1.81. The van der Waals surface area contributed by atoms with Crippen molar-refractivity contribution in [3.63, 3.8) is 0 Å². The summed E-state index contributed by atoms with van der Waals surface area (Å²) in [6.07, 6.45) is 2.88. The van der Waals surface area contributed by atoms with Gasteiger partial charge in [0.25, 0.3) is 0 Å². The van der Waals surface area contributed by atoms with Crippen molar-refractivity contribution < 1.29 is 4.74 Å². The summed E-state index contributed by atoms with van der Waals surface area (Å²) in [7, 11) is 0. The summed E-state index contributed by atoms with van der Waals surface area (Å²) in [5.74, 6) is 1.55. The SMILES string of the molecule is CCOC1CC(CCl)C1. The molecule has 0 aromatic heterocycles. The third kappa shape index (κ3) is 1.84. The molecule has 9 heavy (non-hydrogen) atoms. The summed E-state index contributed by atoms with van der Waals surface area (Å²) < 4.78 is 5.35. The van der Waals surface area contributed by atoms with E-state index in [1.165, 1.54) is 12.8 Å². The van der Waals surface area contributed by atoms with E-state index >= 15 is 0 Å². The van der Waals surface area contributed by atoms with Crippen LogP contribution in [0.1, 0.15) is 19.8 Å². The van der Waals surface area contributed by atoms with E-state index in [2.05, 4.69) is 0 Å². The summed E-state index contributed by atoms with van der Waals surface area (Å²) in [6, 6.07) is 0. The van der Waals surface area contributed by atoms with E-state index in [1.807, 2.05) is 6.92 Å². The highest BCUT2D eigenvalue weighted by Gasteiger charge is 2.28. The van der Waals surface area contributed by atoms with Gasteiger partial charge in [-0.2, -0.15) is 0 Å². The highest BCUT2D eigenvalue weighted by molar-refractivity contribution is 6.18. The number of hydrogen-bond donors (Lipinski definition) is 0. The van der Waals surface area contributed by atoms with Crippen molar-refractivity contribution in [2.24, 2.45) is 5.92 Å². The Kier molecular flexibility index (Phi) is 2.80. The standard InChI is InChI=1S/C7H13ClO/c1-2-9-7-3-6(4-7)5-8/h6-7H,2-5H2,1H3. The molecule has 0 aromatic carbocycles. The fraction of sp³-hybridized carbons (Fsp3) is 1.00. The molecule has 0 aliphatic heterocycles. The molecule has 0 radical (unpaired) electrons. The lowest BCUT2D eigenvalue weighted by Crippen LogP contribution is -2.32. The van der Waals surface area contributed by atoms with Crippen LogP contribution in [0.3, 0.4) is 0 Å². The zero-order valence-electron chi connectivity index (χ0n) is 5.77. The smallest absolute Gasteiger partial charge is 0.0581 e. The lowest BCUT2D eigenvalue weighted by Gasteiger charge is -2.33. The predicted molar refractivity (Wildman–Crippen MR) is 38.9 cm³/mol. The predicted octanol–water partition coefficient (Wildman–Crippen LogP) is 2.04. The van der Waals surface area contributed by atoms with Gasteiger partial charge in [-0.05, 0) is 25.7 Å². The molecule has 0 bridgehead atoms. The van der Waals surface area contributed by atoms with Gasteiger partial charge >= 0.3 is 0 Å². The van der Waals surface area contributed by atoms with Gasteiger partial charge in [0.2, 0.25) is 0 Å². The molecule has 0 spiro atoms. The molecule has 1 rings (SSSR count). The van der Waals surface area contributed by atoms with Gasteiger partial charge in [-0.15, -0.1) is 11.6 Å². The van der Waals surface area contributed by atoms with Crippen molar-refractivity contribution in [1.82, 2.24) is 0 Å². The monoisotopic (exact) mass is 148 g/mol. The molecule has 0 heterocycles. The molecule has 1 aliphatic rings. The number of alkyl halides is 1. The van der Waals surface area contributed by atoms with Crippen molar-refractivity contribution in [2.75, 3.05) is 12.5 Å². The zero-order chi connectivity index (χ0) is 6.69. The van der Waals surface area contributed by atoms with E-state index in [-0.39, 0.29) is 0 Å². The molecule has 54 valence electrons. The molecule has 1 saturated carbocycles. The fourth-order valence-corrected chi connectivity index (χ4v) is 1.42. The average molecular weight is 149 g/mol. The Morgan fingerprint density at radius 3 is 2.67 bits per heavy atom. The van der Waals surface area contributed by atoms with E-state index < -0.39 is 0 Å². The van der Waals surface area contributed by atoms with Crippen LogP contribution in [-0.4, -0.2) is 18.6 Å². The Morgan fingerprint density at radius 2 is 2.22 bits per heavy atom. The maximum absolute atomic E-state index is 5.61. The molecule has 0 saturated heterocycles. The van der Waals surface area contributed by atoms with E-state index in [4.69, 9.17) is 16.3 Å². The molecular formula is C7H13ClO. The molecule has 0 aromatic rings. The van der Waals surface area contributed by atoms with Gasteiger partial charge in [-0.25, -0.2) is 0 Å². The summed E-state index contributed by atoms with van der Waals surface area (Å²) in [5.41, 5.74) is 0. The Bertz CT molecular complexity index is 79.0. The molecule has 0 N–H and O–H groups in total. The zero-order valence-corrected chi connectivity index (χ0v) is 6.53. The number of ether oxygens (including phenoxy) is 1. The Morgan fingerprint density at radius 1 is 1.56 bits per heavy atom. The van der Waals surface area contributed by atoms with Gasteiger partial charge < -0.3 is 4.74 Å². The molecule has 1 nitrogen and oxygen atoms in total. The largest absolute Gasteiger partial charge is 0.378 e. The van der Waals surface area contributed by atoms with Crippen molar-refractivity contribution >= 4 is 11.6 Å². The Labute approximate surface area is 61.3 Å². The minimum atomic E-state index is 0.527. The van der Waals surface area contributed by atoms with Crippen LogP contribution in [0, 0.1) is 5.92 Å². The quantitative estimate of drug-likeness (QED) is 0.557. The minimum Gasteiger partial charge on any atom is -0.378 e. The van der Waals surface area contributed by atoms with Crippen LogP contribution in [0.5, 0.6) is 0 Å². The van der Waals surface area contributed by atoms with Gasteiger partial charge in [0.05, 0.1) is 6.10 Å². The maximum Gasteiger partial charge on any atom is 0.0581 e.